The molecular formula is C20H27NO2. The molecule has 1 heterocycles. The number of β-lactam (4-membered cyclic amide) rings is 1. The van der Waals surface area contributed by atoms with E-state index in [1.165, 1.54) is 25.7 Å². The number of aliphatic hydroxyl groups is 1. The van der Waals surface area contributed by atoms with Crippen molar-refractivity contribution < 1.29 is 9.90 Å². The zero-order valence-corrected chi connectivity index (χ0v) is 13.8. The summed E-state index contributed by atoms with van der Waals surface area (Å²) in [4.78, 5) is 15.3. The fourth-order valence-corrected chi connectivity index (χ4v) is 5.35. The van der Waals surface area contributed by atoms with Crippen molar-refractivity contribution in [3.8, 4) is 0 Å². The van der Waals surface area contributed by atoms with E-state index < -0.39 is 5.60 Å². The molecule has 1 atom stereocenters. The number of carbonyl (C=O) groups is 1. The third-order valence-electron chi connectivity index (χ3n) is 6.48. The van der Waals surface area contributed by atoms with E-state index in [2.05, 4.69) is 4.90 Å². The van der Waals surface area contributed by atoms with Gasteiger partial charge in [0.2, 0.25) is 0 Å². The molecule has 3 aliphatic rings. The van der Waals surface area contributed by atoms with Crippen LogP contribution in [0.2, 0.25) is 0 Å². The van der Waals surface area contributed by atoms with Gasteiger partial charge in [-0.3, -0.25) is 4.79 Å². The number of nitrogens with zero attached hydrogens (tertiary/aromatic N) is 1. The fraction of sp³-hybridized carbons (Fsp3) is 0.650. The number of hydrogen-bond acceptors (Lipinski definition) is 2. The van der Waals surface area contributed by atoms with E-state index in [1.807, 2.05) is 30.3 Å². The monoisotopic (exact) mass is 313 g/mol. The van der Waals surface area contributed by atoms with Crippen molar-refractivity contribution in [2.24, 2.45) is 0 Å². The second-order valence-corrected chi connectivity index (χ2v) is 7.64. The Kier molecular flexibility index (Phi) is 3.72. The molecule has 1 aliphatic heterocycles. The van der Waals surface area contributed by atoms with Gasteiger partial charge in [0.05, 0.1) is 5.54 Å². The second-order valence-electron chi connectivity index (χ2n) is 7.64. The first-order valence-corrected chi connectivity index (χ1v) is 9.32. The second kappa shape index (κ2) is 5.62. The minimum Gasteiger partial charge on any atom is -0.373 e. The Balaban J connectivity index is 1.73. The summed E-state index contributed by atoms with van der Waals surface area (Å²) in [6, 6.07) is 10.0. The Morgan fingerprint density at radius 2 is 1.52 bits per heavy atom. The predicted molar refractivity (Wildman–Crippen MR) is 89.9 cm³/mol. The van der Waals surface area contributed by atoms with Gasteiger partial charge in [-0.05, 0) is 31.2 Å². The number of hydrogen-bond donors (Lipinski definition) is 1. The minimum atomic E-state index is -1.30. The largest absolute Gasteiger partial charge is 0.373 e. The lowest BCUT2D eigenvalue weighted by atomic mass is 9.58. The van der Waals surface area contributed by atoms with Crippen molar-refractivity contribution in [3.63, 3.8) is 0 Å². The molecule has 3 nitrogen and oxygen atoms in total. The van der Waals surface area contributed by atoms with Gasteiger partial charge in [-0.15, -0.1) is 0 Å². The predicted octanol–water partition coefficient (Wildman–Crippen LogP) is 3.75. The molecule has 1 N–H and O–H groups in total. The van der Waals surface area contributed by atoms with E-state index in [0.717, 1.165) is 44.1 Å². The fourth-order valence-electron chi connectivity index (χ4n) is 5.35. The highest BCUT2D eigenvalue weighted by Gasteiger charge is 2.72. The summed E-state index contributed by atoms with van der Waals surface area (Å²) < 4.78 is 0. The molecule has 2 aliphatic carbocycles. The first-order chi connectivity index (χ1) is 11.2. The maximum absolute atomic E-state index is 13.1. The number of carbonyl (C=O) groups excluding carboxylic acids is 1. The summed E-state index contributed by atoms with van der Waals surface area (Å²) in [6.45, 7) is 0. The van der Waals surface area contributed by atoms with Gasteiger partial charge in [-0.2, -0.15) is 0 Å². The van der Waals surface area contributed by atoms with Gasteiger partial charge < -0.3 is 10.0 Å². The molecule has 1 amide bonds. The molecule has 3 heteroatoms. The highest BCUT2D eigenvalue weighted by Crippen LogP contribution is 2.57. The van der Waals surface area contributed by atoms with E-state index in [9.17, 15) is 9.90 Å². The summed E-state index contributed by atoms with van der Waals surface area (Å²) >= 11 is 0. The van der Waals surface area contributed by atoms with Crippen molar-refractivity contribution in [3.05, 3.63) is 35.9 Å². The average Bonchev–Trinajstić information content (AvgIpc) is 2.63. The molecule has 0 radical (unpaired) electrons. The van der Waals surface area contributed by atoms with Gasteiger partial charge in [0.1, 0.15) is 0 Å². The van der Waals surface area contributed by atoms with Crippen LogP contribution < -0.4 is 0 Å². The van der Waals surface area contributed by atoms with E-state index in [1.54, 1.807) is 0 Å². The molecule has 1 unspecified atom stereocenters. The van der Waals surface area contributed by atoms with Crippen LogP contribution >= 0.6 is 0 Å². The quantitative estimate of drug-likeness (QED) is 0.845. The zero-order valence-electron chi connectivity index (χ0n) is 13.8. The lowest BCUT2D eigenvalue weighted by Crippen LogP contribution is -2.82. The van der Waals surface area contributed by atoms with Gasteiger partial charge in [-0.25, -0.2) is 0 Å². The highest BCUT2D eigenvalue weighted by atomic mass is 16.3. The van der Waals surface area contributed by atoms with Gasteiger partial charge in [0.15, 0.2) is 5.60 Å². The Morgan fingerprint density at radius 3 is 2.17 bits per heavy atom. The van der Waals surface area contributed by atoms with Gasteiger partial charge in [-0.1, -0.05) is 68.9 Å². The van der Waals surface area contributed by atoms with E-state index in [4.69, 9.17) is 0 Å². The minimum absolute atomic E-state index is 0.0440. The van der Waals surface area contributed by atoms with Crippen LogP contribution in [0.4, 0.5) is 0 Å². The molecule has 124 valence electrons. The molecule has 4 rings (SSSR count). The van der Waals surface area contributed by atoms with Crippen LogP contribution in [0, 0.1) is 0 Å². The van der Waals surface area contributed by atoms with Crippen LogP contribution in [0.15, 0.2) is 30.3 Å². The molecule has 2 saturated carbocycles. The number of rotatable bonds is 2. The molecule has 3 fully saturated rings. The first kappa shape index (κ1) is 15.2. The van der Waals surface area contributed by atoms with Crippen LogP contribution in [0.5, 0.6) is 0 Å². The van der Waals surface area contributed by atoms with E-state index >= 15 is 0 Å². The summed E-state index contributed by atoms with van der Waals surface area (Å²) in [7, 11) is 0. The zero-order chi connectivity index (χ0) is 15.9. The molecule has 23 heavy (non-hydrogen) atoms. The lowest BCUT2D eigenvalue weighted by Gasteiger charge is -2.66. The molecule has 1 saturated heterocycles. The molecule has 1 aromatic carbocycles. The van der Waals surface area contributed by atoms with Crippen molar-refractivity contribution in [1.29, 1.82) is 0 Å². The van der Waals surface area contributed by atoms with Crippen molar-refractivity contribution in [2.75, 3.05) is 0 Å². The van der Waals surface area contributed by atoms with Crippen molar-refractivity contribution in [2.45, 2.75) is 81.4 Å². The van der Waals surface area contributed by atoms with Crippen LogP contribution in [0.25, 0.3) is 0 Å². The molecule has 0 bridgehead atoms. The Bertz CT molecular complexity index is 573. The van der Waals surface area contributed by atoms with E-state index in [-0.39, 0.29) is 11.4 Å². The first-order valence-electron chi connectivity index (χ1n) is 9.32. The van der Waals surface area contributed by atoms with Crippen LogP contribution in [0.3, 0.4) is 0 Å². The van der Waals surface area contributed by atoms with Crippen LogP contribution in [-0.4, -0.2) is 27.5 Å². The lowest BCUT2D eigenvalue weighted by molar-refractivity contribution is -0.240. The topological polar surface area (TPSA) is 40.5 Å². The van der Waals surface area contributed by atoms with Crippen molar-refractivity contribution >= 4 is 5.91 Å². The summed E-state index contributed by atoms with van der Waals surface area (Å²) in [5, 5.41) is 11.5. The molecule has 0 aromatic heterocycles. The Morgan fingerprint density at radius 1 is 0.913 bits per heavy atom. The van der Waals surface area contributed by atoms with Crippen LogP contribution in [0.1, 0.15) is 69.8 Å². The third kappa shape index (κ3) is 2.02. The molecule has 1 aromatic rings. The van der Waals surface area contributed by atoms with Gasteiger partial charge in [0.25, 0.3) is 5.91 Å². The number of likely N-dealkylation sites (tertiary alicyclic amines) is 1. The summed E-state index contributed by atoms with van der Waals surface area (Å²) in [5.41, 5.74) is -0.864. The summed E-state index contributed by atoms with van der Waals surface area (Å²) in [6.07, 6.45) is 11.3. The number of benzene rings is 1. The average molecular weight is 313 g/mol. The molecule has 1 spiro atoms. The smallest absolute Gasteiger partial charge is 0.262 e. The normalized spacial score (nSPS) is 31.2. The Labute approximate surface area is 138 Å². The maximum Gasteiger partial charge on any atom is 0.262 e. The maximum atomic E-state index is 13.1. The summed E-state index contributed by atoms with van der Waals surface area (Å²) in [5.74, 6) is -0.0440. The van der Waals surface area contributed by atoms with Crippen LogP contribution in [-0.2, 0) is 10.4 Å². The van der Waals surface area contributed by atoms with Gasteiger partial charge in [0, 0.05) is 6.04 Å². The number of amides is 1. The van der Waals surface area contributed by atoms with Gasteiger partial charge >= 0.3 is 0 Å². The third-order valence-corrected chi connectivity index (χ3v) is 6.48. The van der Waals surface area contributed by atoms with E-state index in [0.29, 0.717) is 6.04 Å². The SMILES string of the molecule is O=C1N(C2CCCCC2)C2(CCCCC2)C1(O)c1ccccc1. The highest BCUT2D eigenvalue weighted by molar-refractivity contribution is 5.96. The standard InChI is InChI=1S/C20H27NO2/c22-18-20(23,16-10-4-1-5-11-16)19(14-8-3-9-15-19)21(18)17-12-6-2-7-13-17/h1,4-5,10-11,17,23H,2-3,6-9,12-15H2. The molecular weight excluding hydrogens is 286 g/mol. The van der Waals surface area contributed by atoms with Crippen molar-refractivity contribution in [1.82, 2.24) is 4.90 Å². The Hall–Kier alpha value is -1.35.